The van der Waals surface area contributed by atoms with Crippen molar-refractivity contribution < 1.29 is 19.0 Å². The van der Waals surface area contributed by atoms with Crippen LogP contribution in [0.1, 0.15) is 17.3 Å². The van der Waals surface area contributed by atoms with Crippen LogP contribution in [0.5, 0.6) is 11.5 Å². The monoisotopic (exact) mass is 265 g/mol. The molecule has 0 radical (unpaired) electrons. The molecule has 1 aromatic rings. The van der Waals surface area contributed by atoms with E-state index in [1.54, 1.807) is 32.4 Å². The summed E-state index contributed by atoms with van der Waals surface area (Å²) in [6, 6.07) is 5.12. The van der Waals surface area contributed by atoms with E-state index in [0.29, 0.717) is 36.8 Å². The summed E-state index contributed by atoms with van der Waals surface area (Å²) in [5.41, 5.74) is 0.582. The third-order valence-electron chi connectivity index (χ3n) is 3.19. The van der Waals surface area contributed by atoms with E-state index in [-0.39, 0.29) is 11.3 Å². The zero-order chi connectivity index (χ0) is 13.9. The van der Waals surface area contributed by atoms with Crippen LogP contribution in [0, 0.1) is 5.41 Å². The summed E-state index contributed by atoms with van der Waals surface area (Å²) in [7, 11) is 3.12. The number of methoxy groups -OCH3 is 2. The minimum atomic E-state index is -0.134. The summed E-state index contributed by atoms with van der Waals surface area (Å²) in [6.07, 6.45) is 0. The minimum absolute atomic E-state index is 0.0542. The topological polar surface area (TPSA) is 56.8 Å². The molecule has 19 heavy (non-hydrogen) atoms. The van der Waals surface area contributed by atoms with Crippen LogP contribution < -0.4 is 14.8 Å². The molecule has 104 valence electrons. The maximum atomic E-state index is 12.1. The fourth-order valence-corrected chi connectivity index (χ4v) is 1.89. The van der Waals surface area contributed by atoms with Crippen molar-refractivity contribution >= 4 is 5.91 Å². The van der Waals surface area contributed by atoms with Crippen molar-refractivity contribution in [2.75, 3.05) is 34.0 Å². The third-order valence-corrected chi connectivity index (χ3v) is 3.19. The van der Waals surface area contributed by atoms with Gasteiger partial charge in [-0.1, -0.05) is 6.92 Å². The standard InChI is InChI=1S/C14H19NO4/c1-14(8-19-9-14)7-15-13(16)10-4-11(17-2)6-12(5-10)18-3/h4-6H,7-9H2,1-3H3,(H,15,16). The highest BCUT2D eigenvalue weighted by molar-refractivity contribution is 5.95. The molecule has 1 N–H and O–H groups in total. The average Bonchev–Trinajstić information content (AvgIpc) is 2.41. The summed E-state index contributed by atoms with van der Waals surface area (Å²) >= 11 is 0. The zero-order valence-electron chi connectivity index (χ0n) is 11.5. The Morgan fingerprint density at radius 2 is 1.84 bits per heavy atom. The van der Waals surface area contributed by atoms with Crippen LogP contribution in [0.4, 0.5) is 0 Å². The smallest absolute Gasteiger partial charge is 0.251 e. The lowest BCUT2D eigenvalue weighted by Gasteiger charge is -2.38. The van der Waals surface area contributed by atoms with E-state index >= 15 is 0 Å². The number of rotatable bonds is 5. The van der Waals surface area contributed by atoms with E-state index in [0.717, 1.165) is 0 Å². The number of carbonyl (C=O) groups is 1. The molecule has 0 saturated carbocycles. The normalized spacial score (nSPS) is 16.4. The molecule has 0 aliphatic carbocycles. The van der Waals surface area contributed by atoms with Crippen molar-refractivity contribution in [2.45, 2.75) is 6.92 Å². The molecule has 1 aliphatic heterocycles. The predicted molar refractivity (Wildman–Crippen MR) is 70.8 cm³/mol. The van der Waals surface area contributed by atoms with Crippen molar-refractivity contribution in [1.82, 2.24) is 5.32 Å². The van der Waals surface area contributed by atoms with Crippen molar-refractivity contribution in [2.24, 2.45) is 5.41 Å². The van der Waals surface area contributed by atoms with Gasteiger partial charge in [0.05, 0.1) is 27.4 Å². The van der Waals surface area contributed by atoms with E-state index in [1.807, 2.05) is 0 Å². The highest BCUT2D eigenvalue weighted by atomic mass is 16.5. The first kappa shape index (κ1) is 13.7. The molecule has 1 aliphatic rings. The van der Waals surface area contributed by atoms with Crippen molar-refractivity contribution in [3.05, 3.63) is 23.8 Å². The van der Waals surface area contributed by atoms with Gasteiger partial charge in [-0.3, -0.25) is 4.79 Å². The molecule has 1 amide bonds. The van der Waals surface area contributed by atoms with Crippen molar-refractivity contribution in [1.29, 1.82) is 0 Å². The average molecular weight is 265 g/mol. The van der Waals surface area contributed by atoms with Crippen LogP contribution in [0.15, 0.2) is 18.2 Å². The number of ether oxygens (including phenoxy) is 3. The Hall–Kier alpha value is -1.75. The predicted octanol–water partition coefficient (Wildman–Crippen LogP) is 1.47. The molecule has 1 heterocycles. The molecule has 0 spiro atoms. The Kier molecular flexibility index (Phi) is 3.95. The van der Waals surface area contributed by atoms with Crippen LogP contribution in [0.2, 0.25) is 0 Å². The van der Waals surface area contributed by atoms with Gasteiger partial charge in [-0.2, -0.15) is 0 Å². The summed E-state index contributed by atoms with van der Waals surface area (Å²) in [5.74, 6) is 1.07. The number of amides is 1. The van der Waals surface area contributed by atoms with Gasteiger partial charge in [0.1, 0.15) is 11.5 Å². The third kappa shape index (κ3) is 3.17. The van der Waals surface area contributed by atoms with Crippen molar-refractivity contribution in [3.8, 4) is 11.5 Å². The van der Waals surface area contributed by atoms with Crippen LogP contribution >= 0.6 is 0 Å². The Morgan fingerprint density at radius 3 is 2.26 bits per heavy atom. The zero-order valence-corrected chi connectivity index (χ0v) is 11.5. The van der Waals surface area contributed by atoms with Gasteiger partial charge < -0.3 is 19.5 Å². The molecular formula is C14H19NO4. The highest BCUT2D eigenvalue weighted by Crippen LogP contribution is 2.26. The fraction of sp³-hybridized carbons (Fsp3) is 0.500. The maximum Gasteiger partial charge on any atom is 0.251 e. The van der Waals surface area contributed by atoms with Gasteiger partial charge in [0.2, 0.25) is 0 Å². The Bertz CT molecular complexity index is 446. The van der Waals surface area contributed by atoms with Gasteiger partial charge in [-0.15, -0.1) is 0 Å². The molecule has 0 unspecified atom stereocenters. The Balaban J connectivity index is 2.05. The maximum absolute atomic E-state index is 12.1. The van der Waals surface area contributed by atoms with Crippen LogP contribution in [-0.2, 0) is 4.74 Å². The number of nitrogens with one attached hydrogen (secondary N) is 1. The molecule has 0 bridgehead atoms. The second-order valence-electron chi connectivity index (χ2n) is 5.09. The first-order valence-corrected chi connectivity index (χ1v) is 6.15. The van der Waals surface area contributed by atoms with Crippen LogP contribution in [0.3, 0.4) is 0 Å². The van der Waals surface area contributed by atoms with Gasteiger partial charge in [0.15, 0.2) is 0 Å². The highest BCUT2D eigenvalue weighted by Gasteiger charge is 2.33. The largest absolute Gasteiger partial charge is 0.497 e. The van der Waals surface area contributed by atoms with Gasteiger partial charge in [0.25, 0.3) is 5.91 Å². The molecule has 0 aromatic heterocycles. The lowest BCUT2D eigenvalue weighted by atomic mass is 9.88. The second kappa shape index (κ2) is 5.48. The van der Waals surface area contributed by atoms with Crippen LogP contribution in [-0.4, -0.2) is 39.9 Å². The molecule has 1 aromatic carbocycles. The van der Waals surface area contributed by atoms with E-state index in [4.69, 9.17) is 14.2 Å². The van der Waals surface area contributed by atoms with E-state index in [1.165, 1.54) is 0 Å². The van der Waals surface area contributed by atoms with E-state index < -0.39 is 0 Å². The van der Waals surface area contributed by atoms with Gasteiger partial charge in [-0.25, -0.2) is 0 Å². The number of hydrogen-bond acceptors (Lipinski definition) is 4. The molecule has 5 heteroatoms. The minimum Gasteiger partial charge on any atom is -0.497 e. The lowest BCUT2D eigenvalue weighted by Crippen LogP contribution is -2.48. The summed E-state index contributed by atoms with van der Waals surface area (Å²) < 4.78 is 15.4. The van der Waals surface area contributed by atoms with Crippen LogP contribution in [0.25, 0.3) is 0 Å². The molecule has 0 atom stereocenters. The van der Waals surface area contributed by atoms with E-state index in [9.17, 15) is 4.79 Å². The molecule has 1 fully saturated rings. The number of carbonyl (C=O) groups excluding carboxylic acids is 1. The molecular weight excluding hydrogens is 246 g/mol. The lowest BCUT2D eigenvalue weighted by molar-refractivity contribution is -0.0978. The molecule has 1 saturated heterocycles. The van der Waals surface area contributed by atoms with Crippen molar-refractivity contribution in [3.63, 3.8) is 0 Å². The fourth-order valence-electron chi connectivity index (χ4n) is 1.89. The first-order chi connectivity index (χ1) is 9.06. The first-order valence-electron chi connectivity index (χ1n) is 6.15. The number of benzene rings is 1. The summed E-state index contributed by atoms with van der Waals surface area (Å²) in [4.78, 5) is 12.1. The Morgan fingerprint density at radius 1 is 1.26 bits per heavy atom. The quantitative estimate of drug-likeness (QED) is 0.876. The van der Waals surface area contributed by atoms with Gasteiger partial charge >= 0.3 is 0 Å². The second-order valence-corrected chi connectivity index (χ2v) is 5.09. The Labute approximate surface area is 112 Å². The molecule has 5 nitrogen and oxygen atoms in total. The molecule has 2 rings (SSSR count). The SMILES string of the molecule is COc1cc(OC)cc(C(=O)NCC2(C)COC2)c1. The number of hydrogen-bond donors (Lipinski definition) is 1. The van der Waals surface area contributed by atoms with Gasteiger partial charge in [0, 0.05) is 23.6 Å². The summed E-state index contributed by atoms with van der Waals surface area (Å²) in [6.45, 7) is 4.07. The van der Waals surface area contributed by atoms with Gasteiger partial charge in [-0.05, 0) is 12.1 Å². The van der Waals surface area contributed by atoms with E-state index in [2.05, 4.69) is 12.2 Å². The summed E-state index contributed by atoms with van der Waals surface area (Å²) in [5, 5.41) is 2.91.